The van der Waals surface area contributed by atoms with E-state index in [0.29, 0.717) is 5.76 Å². The van der Waals surface area contributed by atoms with Gasteiger partial charge < -0.3 is 15.3 Å². The van der Waals surface area contributed by atoms with Crippen LogP contribution in [0, 0.1) is 12.7 Å². The topological polar surface area (TPSA) is 59.4 Å². The molecule has 1 aromatic carbocycles. The molecule has 2 aromatic rings. The van der Waals surface area contributed by atoms with E-state index in [2.05, 4.69) is 0 Å². The molecule has 4 heteroatoms. The lowest BCUT2D eigenvalue weighted by molar-refractivity contribution is 0.145. The fourth-order valence-electron chi connectivity index (χ4n) is 2.08. The fourth-order valence-corrected chi connectivity index (χ4v) is 2.08. The maximum atomic E-state index is 12.9. The van der Waals surface area contributed by atoms with Crippen molar-refractivity contribution < 1.29 is 13.9 Å². The van der Waals surface area contributed by atoms with Crippen LogP contribution in [0.15, 0.2) is 41.0 Å². The minimum absolute atomic E-state index is 0.275. The summed E-state index contributed by atoms with van der Waals surface area (Å²) in [4.78, 5) is 0. The zero-order valence-electron chi connectivity index (χ0n) is 10.1. The zero-order valence-corrected chi connectivity index (χ0v) is 10.1. The summed E-state index contributed by atoms with van der Waals surface area (Å²) in [5.41, 5.74) is 7.24. The summed E-state index contributed by atoms with van der Waals surface area (Å²) in [6, 6.07) is 7.75. The van der Waals surface area contributed by atoms with Crippen molar-refractivity contribution in [3.05, 3.63) is 59.3 Å². The van der Waals surface area contributed by atoms with E-state index in [1.165, 1.54) is 18.4 Å². The average Bonchev–Trinajstić information content (AvgIpc) is 2.78. The Morgan fingerprint density at radius 1 is 1.28 bits per heavy atom. The summed E-state index contributed by atoms with van der Waals surface area (Å²) in [7, 11) is 0. The van der Waals surface area contributed by atoms with Gasteiger partial charge in [0.2, 0.25) is 0 Å². The van der Waals surface area contributed by atoms with Gasteiger partial charge in [-0.1, -0.05) is 12.1 Å². The van der Waals surface area contributed by atoms with Gasteiger partial charge in [-0.25, -0.2) is 4.39 Å². The predicted molar refractivity (Wildman–Crippen MR) is 66.6 cm³/mol. The molecule has 0 fully saturated rings. The summed E-state index contributed by atoms with van der Waals surface area (Å²) in [5.74, 6) is 0.0912. The number of benzene rings is 1. The Labute approximate surface area is 105 Å². The van der Waals surface area contributed by atoms with E-state index in [1.54, 1.807) is 25.1 Å². The summed E-state index contributed by atoms with van der Waals surface area (Å²) in [6.45, 7) is 2.06. The van der Waals surface area contributed by atoms with E-state index in [-0.39, 0.29) is 18.3 Å². The minimum Gasteiger partial charge on any atom is -0.469 e. The van der Waals surface area contributed by atoms with Crippen LogP contribution in [0.3, 0.4) is 0 Å². The molecule has 96 valence electrons. The molecule has 3 N–H and O–H groups in total. The number of furan rings is 1. The molecule has 1 heterocycles. The Morgan fingerprint density at radius 2 is 1.94 bits per heavy atom. The van der Waals surface area contributed by atoms with Crippen molar-refractivity contribution in [3.63, 3.8) is 0 Å². The second-order valence-corrected chi connectivity index (χ2v) is 4.27. The molecule has 0 aliphatic carbocycles. The third-order valence-electron chi connectivity index (χ3n) is 3.15. The van der Waals surface area contributed by atoms with Crippen molar-refractivity contribution in [2.45, 2.75) is 18.9 Å². The first-order valence-corrected chi connectivity index (χ1v) is 5.81. The number of rotatable bonds is 4. The van der Waals surface area contributed by atoms with Crippen molar-refractivity contribution in [1.29, 1.82) is 0 Å². The Kier molecular flexibility index (Phi) is 3.79. The summed E-state index contributed by atoms with van der Waals surface area (Å²) < 4.78 is 18.1. The lowest BCUT2D eigenvalue weighted by Crippen LogP contribution is -2.20. The highest BCUT2D eigenvalue weighted by molar-refractivity contribution is 5.28. The van der Waals surface area contributed by atoms with Crippen LogP contribution in [0.2, 0.25) is 0 Å². The van der Waals surface area contributed by atoms with Gasteiger partial charge in [0.25, 0.3) is 0 Å². The Hall–Kier alpha value is -1.65. The molecule has 18 heavy (non-hydrogen) atoms. The van der Waals surface area contributed by atoms with Crippen LogP contribution >= 0.6 is 0 Å². The summed E-state index contributed by atoms with van der Waals surface area (Å²) in [6.07, 6.45) is 0.783. The van der Waals surface area contributed by atoms with E-state index in [4.69, 9.17) is 10.2 Å². The third kappa shape index (κ3) is 2.44. The number of aliphatic hydroxyl groups excluding tert-OH is 1. The standard InChI is InChI=1S/C14H16FNO2/c1-9-12(6-7-18-9)14(17)13(8-16)10-2-4-11(15)5-3-10/h2-7,13-14,17H,8,16H2,1H3. The molecule has 0 aliphatic rings. The fraction of sp³-hybridized carbons (Fsp3) is 0.286. The number of hydrogen-bond donors (Lipinski definition) is 2. The van der Waals surface area contributed by atoms with Gasteiger partial charge in [0.15, 0.2) is 0 Å². The number of aliphatic hydroxyl groups is 1. The van der Waals surface area contributed by atoms with Crippen LogP contribution in [-0.4, -0.2) is 11.7 Å². The van der Waals surface area contributed by atoms with Crippen LogP contribution in [0.1, 0.15) is 28.9 Å². The van der Waals surface area contributed by atoms with E-state index in [9.17, 15) is 9.50 Å². The number of hydrogen-bond acceptors (Lipinski definition) is 3. The van der Waals surface area contributed by atoms with E-state index < -0.39 is 6.10 Å². The smallest absolute Gasteiger partial charge is 0.123 e. The van der Waals surface area contributed by atoms with Crippen molar-refractivity contribution in [2.24, 2.45) is 5.73 Å². The third-order valence-corrected chi connectivity index (χ3v) is 3.15. The zero-order chi connectivity index (χ0) is 13.1. The van der Waals surface area contributed by atoms with Crippen LogP contribution in [0.5, 0.6) is 0 Å². The SMILES string of the molecule is Cc1occc1C(O)C(CN)c1ccc(F)cc1. The largest absolute Gasteiger partial charge is 0.469 e. The number of nitrogens with two attached hydrogens (primary N) is 1. The van der Waals surface area contributed by atoms with Gasteiger partial charge in [-0.2, -0.15) is 0 Å². The Balaban J connectivity index is 2.28. The molecule has 0 saturated heterocycles. The molecule has 0 spiro atoms. The van der Waals surface area contributed by atoms with Crippen molar-refractivity contribution >= 4 is 0 Å². The second-order valence-electron chi connectivity index (χ2n) is 4.27. The van der Waals surface area contributed by atoms with Gasteiger partial charge in [-0.3, -0.25) is 0 Å². The molecule has 1 aromatic heterocycles. The van der Waals surface area contributed by atoms with Gasteiger partial charge in [-0.15, -0.1) is 0 Å². The summed E-state index contributed by atoms with van der Waals surface area (Å²) in [5, 5.41) is 10.3. The monoisotopic (exact) mass is 249 g/mol. The van der Waals surface area contributed by atoms with Crippen LogP contribution < -0.4 is 5.73 Å². The number of halogens is 1. The van der Waals surface area contributed by atoms with E-state index in [0.717, 1.165) is 11.1 Å². The first-order valence-electron chi connectivity index (χ1n) is 5.81. The molecule has 0 aliphatic heterocycles. The molecular weight excluding hydrogens is 233 g/mol. The highest BCUT2D eigenvalue weighted by atomic mass is 19.1. The van der Waals surface area contributed by atoms with Crippen LogP contribution in [0.25, 0.3) is 0 Å². The summed E-state index contributed by atoms with van der Waals surface area (Å²) >= 11 is 0. The highest BCUT2D eigenvalue weighted by Gasteiger charge is 2.24. The van der Waals surface area contributed by atoms with Crippen molar-refractivity contribution in [2.75, 3.05) is 6.54 Å². The van der Waals surface area contributed by atoms with Gasteiger partial charge in [-0.05, 0) is 30.7 Å². The lowest BCUT2D eigenvalue weighted by atomic mass is 9.89. The quantitative estimate of drug-likeness (QED) is 0.875. The second kappa shape index (κ2) is 5.33. The Morgan fingerprint density at radius 3 is 2.44 bits per heavy atom. The van der Waals surface area contributed by atoms with Gasteiger partial charge in [0, 0.05) is 18.0 Å². The molecule has 2 rings (SSSR count). The normalized spacial score (nSPS) is 14.4. The molecule has 0 radical (unpaired) electrons. The maximum Gasteiger partial charge on any atom is 0.123 e. The molecule has 0 bridgehead atoms. The van der Waals surface area contributed by atoms with E-state index in [1.807, 2.05) is 0 Å². The molecular formula is C14H16FNO2. The Bertz CT molecular complexity index is 507. The van der Waals surface area contributed by atoms with Gasteiger partial charge in [0.1, 0.15) is 11.6 Å². The molecule has 0 amide bonds. The van der Waals surface area contributed by atoms with Gasteiger partial charge in [0.05, 0.1) is 12.4 Å². The maximum absolute atomic E-state index is 12.9. The molecule has 2 unspecified atom stereocenters. The molecule has 3 nitrogen and oxygen atoms in total. The average molecular weight is 249 g/mol. The van der Waals surface area contributed by atoms with Crippen molar-refractivity contribution in [1.82, 2.24) is 0 Å². The first-order chi connectivity index (χ1) is 8.63. The van der Waals surface area contributed by atoms with Crippen LogP contribution in [-0.2, 0) is 0 Å². The van der Waals surface area contributed by atoms with Crippen LogP contribution in [0.4, 0.5) is 4.39 Å². The van der Waals surface area contributed by atoms with Gasteiger partial charge >= 0.3 is 0 Å². The molecule has 0 saturated carbocycles. The molecule has 2 atom stereocenters. The van der Waals surface area contributed by atoms with Crippen molar-refractivity contribution in [3.8, 4) is 0 Å². The minimum atomic E-state index is -0.751. The predicted octanol–water partition coefficient (Wildman–Crippen LogP) is 2.50. The van der Waals surface area contributed by atoms with E-state index >= 15 is 0 Å². The number of aryl methyl sites for hydroxylation is 1. The lowest BCUT2D eigenvalue weighted by Gasteiger charge is -2.21. The first kappa shape index (κ1) is 12.8. The highest BCUT2D eigenvalue weighted by Crippen LogP contribution is 2.32.